The lowest BCUT2D eigenvalue weighted by Gasteiger charge is -2.12. The average molecular weight is 464 g/mol. The van der Waals surface area contributed by atoms with E-state index < -0.39 is 0 Å². The Morgan fingerprint density at radius 2 is 1.67 bits per heavy atom. The van der Waals surface area contributed by atoms with E-state index in [4.69, 9.17) is 4.74 Å². The molecule has 4 rings (SSSR count). The van der Waals surface area contributed by atoms with Crippen molar-refractivity contribution in [1.82, 2.24) is 9.97 Å². The van der Waals surface area contributed by atoms with Crippen molar-refractivity contribution in [2.24, 2.45) is 0 Å². The highest BCUT2D eigenvalue weighted by Gasteiger charge is 2.08. The van der Waals surface area contributed by atoms with Crippen LogP contribution in [0.3, 0.4) is 0 Å². The van der Waals surface area contributed by atoms with Crippen molar-refractivity contribution < 1.29 is 9.53 Å². The quantitative estimate of drug-likeness (QED) is 0.348. The zero-order valence-corrected chi connectivity index (χ0v) is 17.6. The molecule has 3 N–H and O–H groups in total. The minimum Gasteiger partial charge on any atom is -0.497 e. The molecule has 1 aromatic heterocycles. The molecule has 3 aromatic carbocycles. The summed E-state index contributed by atoms with van der Waals surface area (Å²) in [7, 11) is 1.62. The van der Waals surface area contributed by atoms with Crippen LogP contribution in [0.2, 0.25) is 0 Å². The van der Waals surface area contributed by atoms with E-state index in [9.17, 15) is 4.79 Å². The molecule has 0 aliphatic rings. The van der Waals surface area contributed by atoms with Gasteiger partial charge in [0.15, 0.2) is 0 Å². The van der Waals surface area contributed by atoms with E-state index in [0.29, 0.717) is 17.2 Å². The molecule has 7 nitrogen and oxygen atoms in total. The summed E-state index contributed by atoms with van der Waals surface area (Å²) in [5, 5.41) is 9.71. The summed E-state index contributed by atoms with van der Waals surface area (Å²) >= 11 is 3.37. The molecule has 150 valence electrons. The van der Waals surface area contributed by atoms with Gasteiger partial charge in [0.1, 0.15) is 17.9 Å². The first-order valence-electron chi connectivity index (χ1n) is 9.10. The van der Waals surface area contributed by atoms with Crippen molar-refractivity contribution in [1.29, 1.82) is 0 Å². The summed E-state index contributed by atoms with van der Waals surface area (Å²) in [5.74, 6) is 1.37. The molecule has 1 heterocycles. The summed E-state index contributed by atoms with van der Waals surface area (Å²) in [6.07, 6.45) is 1.50. The normalized spacial score (nSPS) is 10.5. The number of ether oxygens (including phenoxy) is 1. The molecule has 30 heavy (non-hydrogen) atoms. The van der Waals surface area contributed by atoms with Crippen LogP contribution in [-0.4, -0.2) is 23.1 Å². The van der Waals surface area contributed by atoms with Gasteiger partial charge >= 0.3 is 6.03 Å². The molecule has 0 radical (unpaired) electrons. The van der Waals surface area contributed by atoms with E-state index in [1.165, 1.54) is 6.33 Å². The van der Waals surface area contributed by atoms with Gasteiger partial charge in [0, 0.05) is 33.0 Å². The number of carbonyl (C=O) groups is 1. The lowest BCUT2D eigenvalue weighted by molar-refractivity contribution is 0.262. The van der Waals surface area contributed by atoms with E-state index in [1.54, 1.807) is 13.2 Å². The Bertz CT molecular complexity index is 1200. The topological polar surface area (TPSA) is 88.2 Å². The van der Waals surface area contributed by atoms with Crippen molar-refractivity contribution in [3.63, 3.8) is 0 Å². The Kier molecular flexibility index (Phi) is 5.76. The van der Waals surface area contributed by atoms with Crippen LogP contribution in [0, 0.1) is 0 Å². The Labute approximate surface area is 181 Å². The standard InChI is InChI=1S/C22H18BrN5O2/c1-30-18-4-2-3-16(11-18)26-21-19-12-17(9-10-20(19)24-13-25-21)28-22(29)27-15-7-5-14(23)6-8-15/h2-13H,1H3,(H,24,25,26)(H2,27,28,29). The summed E-state index contributed by atoms with van der Waals surface area (Å²) in [4.78, 5) is 21.0. The van der Waals surface area contributed by atoms with Gasteiger partial charge in [-0.2, -0.15) is 0 Å². The monoisotopic (exact) mass is 463 g/mol. The number of methoxy groups -OCH3 is 1. The van der Waals surface area contributed by atoms with Crippen LogP contribution in [0.15, 0.2) is 77.5 Å². The van der Waals surface area contributed by atoms with Gasteiger partial charge in [-0.25, -0.2) is 14.8 Å². The minimum atomic E-state index is -0.337. The van der Waals surface area contributed by atoms with Gasteiger partial charge in [-0.3, -0.25) is 0 Å². The Morgan fingerprint density at radius 1 is 0.900 bits per heavy atom. The van der Waals surface area contributed by atoms with E-state index in [2.05, 4.69) is 41.8 Å². The van der Waals surface area contributed by atoms with Crippen LogP contribution in [0.25, 0.3) is 10.9 Å². The number of halogens is 1. The van der Waals surface area contributed by atoms with Crippen molar-refractivity contribution in [2.45, 2.75) is 0 Å². The molecule has 0 unspecified atom stereocenters. The van der Waals surface area contributed by atoms with Gasteiger partial charge in [0.25, 0.3) is 0 Å². The number of carbonyl (C=O) groups excluding carboxylic acids is 1. The third-order valence-corrected chi connectivity index (χ3v) is 4.86. The largest absolute Gasteiger partial charge is 0.497 e. The van der Waals surface area contributed by atoms with Crippen LogP contribution in [0.5, 0.6) is 5.75 Å². The van der Waals surface area contributed by atoms with Crippen LogP contribution >= 0.6 is 15.9 Å². The number of anilines is 4. The number of benzene rings is 3. The first kappa shape index (κ1) is 19.7. The molecule has 0 fully saturated rings. The van der Waals surface area contributed by atoms with Crippen molar-refractivity contribution >= 4 is 55.7 Å². The van der Waals surface area contributed by atoms with Crippen LogP contribution in [-0.2, 0) is 0 Å². The fourth-order valence-electron chi connectivity index (χ4n) is 2.90. The van der Waals surface area contributed by atoms with Crippen molar-refractivity contribution in [2.75, 3.05) is 23.1 Å². The van der Waals surface area contributed by atoms with Gasteiger partial charge in [-0.1, -0.05) is 22.0 Å². The number of urea groups is 1. The third-order valence-electron chi connectivity index (χ3n) is 4.33. The second-order valence-electron chi connectivity index (χ2n) is 6.40. The molecule has 0 atom stereocenters. The highest BCUT2D eigenvalue weighted by Crippen LogP contribution is 2.27. The van der Waals surface area contributed by atoms with Crippen LogP contribution in [0.1, 0.15) is 0 Å². The Balaban J connectivity index is 1.56. The number of nitrogens with zero attached hydrogens (tertiary/aromatic N) is 2. The van der Waals surface area contributed by atoms with Gasteiger partial charge in [-0.05, 0) is 54.6 Å². The molecular formula is C22H18BrN5O2. The molecule has 2 amide bonds. The molecule has 8 heteroatoms. The van der Waals surface area contributed by atoms with Gasteiger partial charge in [-0.15, -0.1) is 0 Å². The van der Waals surface area contributed by atoms with Crippen LogP contribution in [0.4, 0.5) is 27.7 Å². The first-order chi connectivity index (χ1) is 14.6. The predicted octanol–water partition coefficient (Wildman–Crippen LogP) is 5.79. The van der Waals surface area contributed by atoms with E-state index in [1.807, 2.05) is 60.7 Å². The van der Waals surface area contributed by atoms with E-state index in [0.717, 1.165) is 26.8 Å². The molecule has 4 aromatic rings. The molecular weight excluding hydrogens is 446 g/mol. The number of nitrogens with one attached hydrogen (secondary N) is 3. The SMILES string of the molecule is COc1cccc(Nc2ncnc3ccc(NC(=O)Nc4ccc(Br)cc4)cc23)c1. The highest BCUT2D eigenvalue weighted by molar-refractivity contribution is 9.10. The van der Waals surface area contributed by atoms with Gasteiger partial charge < -0.3 is 20.7 Å². The lowest BCUT2D eigenvalue weighted by atomic mass is 10.2. The number of hydrogen-bond acceptors (Lipinski definition) is 5. The second kappa shape index (κ2) is 8.79. The number of aromatic nitrogens is 2. The maximum atomic E-state index is 12.4. The fourth-order valence-corrected chi connectivity index (χ4v) is 3.16. The van der Waals surface area contributed by atoms with Crippen molar-refractivity contribution in [3.8, 4) is 5.75 Å². The second-order valence-corrected chi connectivity index (χ2v) is 7.31. The van der Waals surface area contributed by atoms with Crippen molar-refractivity contribution in [3.05, 3.63) is 77.5 Å². The summed E-state index contributed by atoms with van der Waals surface area (Å²) in [5.41, 5.74) is 2.91. The highest BCUT2D eigenvalue weighted by atomic mass is 79.9. The predicted molar refractivity (Wildman–Crippen MR) is 123 cm³/mol. The zero-order chi connectivity index (χ0) is 20.9. The first-order valence-corrected chi connectivity index (χ1v) is 9.89. The molecule has 0 aliphatic heterocycles. The Hall–Kier alpha value is -3.65. The average Bonchev–Trinajstić information content (AvgIpc) is 2.76. The Morgan fingerprint density at radius 3 is 2.47 bits per heavy atom. The summed E-state index contributed by atoms with van der Waals surface area (Å²) in [6.45, 7) is 0. The molecule has 0 saturated heterocycles. The molecule has 0 spiro atoms. The number of hydrogen-bond donors (Lipinski definition) is 3. The number of amides is 2. The maximum absolute atomic E-state index is 12.4. The zero-order valence-electron chi connectivity index (χ0n) is 16.0. The summed E-state index contributed by atoms with van der Waals surface area (Å²) in [6, 6.07) is 20.0. The van der Waals surface area contributed by atoms with E-state index >= 15 is 0 Å². The minimum absolute atomic E-state index is 0.337. The van der Waals surface area contributed by atoms with E-state index in [-0.39, 0.29) is 6.03 Å². The fraction of sp³-hybridized carbons (Fsp3) is 0.0455. The number of fused-ring (bicyclic) bond motifs is 1. The smallest absolute Gasteiger partial charge is 0.323 e. The molecule has 0 aliphatic carbocycles. The molecule has 0 saturated carbocycles. The van der Waals surface area contributed by atoms with Gasteiger partial charge in [0.2, 0.25) is 0 Å². The maximum Gasteiger partial charge on any atom is 0.323 e. The van der Waals surface area contributed by atoms with Gasteiger partial charge in [0.05, 0.1) is 12.6 Å². The lowest BCUT2D eigenvalue weighted by Crippen LogP contribution is -2.19. The molecule has 0 bridgehead atoms. The summed E-state index contributed by atoms with van der Waals surface area (Å²) < 4.78 is 6.21. The third kappa shape index (κ3) is 4.66. The van der Waals surface area contributed by atoms with Crippen LogP contribution < -0.4 is 20.7 Å². The number of rotatable bonds is 5.